The lowest BCUT2D eigenvalue weighted by molar-refractivity contribution is -0.131. The fourth-order valence-electron chi connectivity index (χ4n) is 3.00. The summed E-state index contributed by atoms with van der Waals surface area (Å²) in [5.74, 6) is 0.170. The summed E-state index contributed by atoms with van der Waals surface area (Å²) in [7, 11) is 0. The maximum atomic E-state index is 12.3. The zero-order valence-corrected chi connectivity index (χ0v) is 15.3. The molecule has 26 heavy (non-hydrogen) atoms. The van der Waals surface area contributed by atoms with Crippen molar-refractivity contribution in [3.05, 3.63) is 59.1 Å². The summed E-state index contributed by atoms with van der Waals surface area (Å²) in [5.41, 5.74) is 2.24. The third kappa shape index (κ3) is 5.23. The number of benzene rings is 2. The molecular weight excluding hydrogens is 350 g/mol. The minimum atomic E-state index is -0.343. The molecule has 2 aromatic rings. The SMILES string of the molecule is O=C(Nc1ccc(CC(=O)N2CCCCC2)cc1)Nc1cccc(Cl)c1. The predicted molar refractivity (Wildman–Crippen MR) is 105 cm³/mol. The fraction of sp³-hybridized carbons (Fsp3) is 0.300. The molecule has 6 heteroatoms. The largest absolute Gasteiger partial charge is 0.342 e. The average molecular weight is 372 g/mol. The monoisotopic (exact) mass is 371 g/mol. The molecule has 3 rings (SSSR count). The lowest BCUT2D eigenvalue weighted by Crippen LogP contribution is -2.36. The van der Waals surface area contributed by atoms with Gasteiger partial charge >= 0.3 is 6.03 Å². The third-order valence-corrected chi connectivity index (χ3v) is 4.59. The van der Waals surface area contributed by atoms with Crippen LogP contribution in [0.15, 0.2) is 48.5 Å². The fourth-order valence-corrected chi connectivity index (χ4v) is 3.19. The molecule has 1 aliphatic heterocycles. The molecule has 0 atom stereocenters. The normalized spacial score (nSPS) is 14.0. The lowest BCUT2D eigenvalue weighted by Gasteiger charge is -2.26. The highest BCUT2D eigenvalue weighted by Crippen LogP contribution is 2.16. The van der Waals surface area contributed by atoms with E-state index in [1.165, 1.54) is 6.42 Å². The van der Waals surface area contributed by atoms with E-state index in [2.05, 4.69) is 10.6 Å². The van der Waals surface area contributed by atoms with Gasteiger partial charge in [0.1, 0.15) is 0 Å². The highest BCUT2D eigenvalue weighted by atomic mass is 35.5. The van der Waals surface area contributed by atoms with Crippen molar-refractivity contribution >= 4 is 34.9 Å². The van der Waals surface area contributed by atoms with E-state index >= 15 is 0 Å². The quantitative estimate of drug-likeness (QED) is 0.828. The first-order chi connectivity index (χ1) is 12.6. The molecule has 136 valence electrons. The molecule has 2 aromatic carbocycles. The number of halogens is 1. The van der Waals surface area contributed by atoms with Crippen LogP contribution in [0.25, 0.3) is 0 Å². The standard InChI is InChI=1S/C20H22ClN3O2/c21-16-5-4-6-18(14-16)23-20(26)22-17-9-7-15(8-10-17)13-19(25)24-11-2-1-3-12-24/h4-10,14H,1-3,11-13H2,(H2,22,23,26). The molecule has 1 heterocycles. The molecule has 0 aromatic heterocycles. The number of urea groups is 1. The molecule has 1 aliphatic rings. The van der Waals surface area contributed by atoms with Crippen LogP contribution in [-0.4, -0.2) is 29.9 Å². The maximum Gasteiger partial charge on any atom is 0.323 e. The second-order valence-electron chi connectivity index (χ2n) is 6.40. The van der Waals surface area contributed by atoms with Gasteiger partial charge in [-0.15, -0.1) is 0 Å². The second-order valence-corrected chi connectivity index (χ2v) is 6.84. The van der Waals surface area contributed by atoms with E-state index in [-0.39, 0.29) is 11.9 Å². The minimum absolute atomic E-state index is 0.170. The Kier molecular flexibility index (Phi) is 6.12. The summed E-state index contributed by atoms with van der Waals surface area (Å²) < 4.78 is 0. The number of anilines is 2. The van der Waals surface area contributed by atoms with Gasteiger partial charge in [-0.2, -0.15) is 0 Å². The van der Waals surface area contributed by atoms with Crippen LogP contribution in [0.1, 0.15) is 24.8 Å². The van der Waals surface area contributed by atoms with Crippen molar-refractivity contribution in [1.82, 2.24) is 4.90 Å². The third-order valence-electron chi connectivity index (χ3n) is 4.36. The number of rotatable bonds is 4. The highest BCUT2D eigenvalue weighted by Gasteiger charge is 2.16. The van der Waals surface area contributed by atoms with Crippen LogP contribution in [0.3, 0.4) is 0 Å². The topological polar surface area (TPSA) is 61.4 Å². The van der Waals surface area contributed by atoms with Crippen LogP contribution in [-0.2, 0) is 11.2 Å². The van der Waals surface area contributed by atoms with Crippen LogP contribution >= 0.6 is 11.6 Å². The molecule has 1 fully saturated rings. The van der Waals surface area contributed by atoms with Crippen LogP contribution in [0.4, 0.5) is 16.2 Å². The van der Waals surface area contributed by atoms with Crippen molar-refractivity contribution in [2.24, 2.45) is 0 Å². The van der Waals surface area contributed by atoms with Gasteiger partial charge in [0, 0.05) is 29.5 Å². The smallest absolute Gasteiger partial charge is 0.323 e. The highest BCUT2D eigenvalue weighted by molar-refractivity contribution is 6.30. The average Bonchev–Trinajstić information content (AvgIpc) is 2.64. The van der Waals surface area contributed by atoms with Gasteiger partial charge in [-0.25, -0.2) is 4.79 Å². The van der Waals surface area contributed by atoms with Crippen LogP contribution in [0.2, 0.25) is 5.02 Å². The Balaban J connectivity index is 1.52. The Bertz CT molecular complexity index is 771. The van der Waals surface area contributed by atoms with E-state index in [4.69, 9.17) is 11.6 Å². The molecule has 0 spiro atoms. The Morgan fingerprint density at radius 2 is 1.62 bits per heavy atom. The zero-order chi connectivity index (χ0) is 18.4. The number of carbonyl (C=O) groups excluding carboxylic acids is 2. The summed E-state index contributed by atoms with van der Waals surface area (Å²) >= 11 is 5.90. The molecule has 1 saturated heterocycles. The lowest BCUT2D eigenvalue weighted by atomic mass is 10.1. The van der Waals surface area contributed by atoms with Crippen LogP contribution in [0, 0.1) is 0 Å². The summed E-state index contributed by atoms with van der Waals surface area (Å²) in [6, 6.07) is 14.0. The number of hydrogen-bond acceptors (Lipinski definition) is 2. The van der Waals surface area contributed by atoms with Crippen molar-refractivity contribution in [1.29, 1.82) is 0 Å². The minimum Gasteiger partial charge on any atom is -0.342 e. The van der Waals surface area contributed by atoms with Crippen molar-refractivity contribution in [2.75, 3.05) is 23.7 Å². The molecule has 2 N–H and O–H groups in total. The zero-order valence-electron chi connectivity index (χ0n) is 14.5. The van der Waals surface area contributed by atoms with Gasteiger partial charge in [-0.1, -0.05) is 29.8 Å². The first-order valence-corrected chi connectivity index (χ1v) is 9.18. The van der Waals surface area contributed by atoms with Crippen LogP contribution < -0.4 is 10.6 Å². The number of amides is 3. The van der Waals surface area contributed by atoms with E-state index in [0.29, 0.717) is 22.8 Å². The van der Waals surface area contributed by atoms with E-state index < -0.39 is 0 Å². The van der Waals surface area contributed by atoms with Gasteiger partial charge in [-0.05, 0) is 55.2 Å². The summed E-state index contributed by atoms with van der Waals surface area (Å²) in [6.45, 7) is 1.73. The van der Waals surface area contributed by atoms with E-state index in [0.717, 1.165) is 31.5 Å². The molecule has 0 saturated carbocycles. The Labute approximate surface area is 158 Å². The van der Waals surface area contributed by atoms with Crippen molar-refractivity contribution in [2.45, 2.75) is 25.7 Å². The molecule has 0 unspecified atom stereocenters. The molecule has 3 amide bonds. The van der Waals surface area contributed by atoms with E-state index in [1.54, 1.807) is 36.4 Å². The van der Waals surface area contributed by atoms with Gasteiger partial charge in [0.2, 0.25) is 5.91 Å². The summed E-state index contributed by atoms with van der Waals surface area (Å²) in [6.07, 6.45) is 3.79. The first kappa shape index (κ1) is 18.3. The Morgan fingerprint density at radius 1 is 0.923 bits per heavy atom. The second kappa shape index (κ2) is 8.72. The van der Waals surface area contributed by atoms with Gasteiger partial charge in [0.25, 0.3) is 0 Å². The predicted octanol–water partition coefficient (Wildman–Crippen LogP) is 4.54. The number of piperidine rings is 1. The molecule has 0 radical (unpaired) electrons. The maximum absolute atomic E-state index is 12.3. The molecule has 5 nitrogen and oxygen atoms in total. The first-order valence-electron chi connectivity index (χ1n) is 8.80. The summed E-state index contributed by atoms with van der Waals surface area (Å²) in [5, 5.41) is 6.05. The number of hydrogen-bond donors (Lipinski definition) is 2. The van der Waals surface area contributed by atoms with Crippen molar-refractivity contribution in [3.63, 3.8) is 0 Å². The van der Waals surface area contributed by atoms with Gasteiger partial charge in [-0.3, -0.25) is 4.79 Å². The van der Waals surface area contributed by atoms with Gasteiger partial charge in [0.05, 0.1) is 6.42 Å². The number of nitrogens with one attached hydrogen (secondary N) is 2. The molecule has 0 aliphatic carbocycles. The summed E-state index contributed by atoms with van der Waals surface area (Å²) in [4.78, 5) is 26.3. The van der Waals surface area contributed by atoms with Gasteiger partial charge < -0.3 is 15.5 Å². The number of carbonyl (C=O) groups is 2. The van der Waals surface area contributed by atoms with E-state index in [1.807, 2.05) is 17.0 Å². The molecular formula is C20H22ClN3O2. The van der Waals surface area contributed by atoms with Gasteiger partial charge in [0.15, 0.2) is 0 Å². The number of nitrogens with zero attached hydrogens (tertiary/aromatic N) is 1. The molecule has 0 bridgehead atoms. The van der Waals surface area contributed by atoms with Crippen LogP contribution in [0.5, 0.6) is 0 Å². The van der Waals surface area contributed by atoms with Crippen molar-refractivity contribution in [3.8, 4) is 0 Å². The van der Waals surface area contributed by atoms with Crippen molar-refractivity contribution < 1.29 is 9.59 Å². The Hall–Kier alpha value is -2.53. The Morgan fingerprint density at radius 3 is 2.31 bits per heavy atom. The number of likely N-dealkylation sites (tertiary alicyclic amines) is 1. The van der Waals surface area contributed by atoms with E-state index in [9.17, 15) is 9.59 Å².